The zero-order valence-electron chi connectivity index (χ0n) is 24.3. The predicted molar refractivity (Wildman–Crippen MR) is 179 cm³/mol. The Morgan fingerprint density at radius 2 is 0.929 bits per heavy atom. The van der Waals surface area contributed by atoms with Gasteiger partial charge in [0.2, 0.25) is 11.6 Å². The van der Waals surface area contributed by atoms with Crippen molar-refractivity contribution >= 4 is 80.4 Å². The molecule has 2 aliphatic heterocycles. The quantitative estimate of drug-likeness (QED) is 0.197. The van der Waals surface area contributed by atoms with Gasteiger partial charge in [-0.15, -0.1) is 46.2 Å². The molecule has 0 amide bonds. The fourth-order valence-electron chi connectivity index (χ4n) is 4.69. The first kappa shape index (κ1) is 30.4. The molecule has 0 bridgehead atoms. The molecule has 4 nitrogen and oxygen atoms in total. The Bertz CT molecular complexity index is 1520. The van der Waals surface area contributed by atoms with Gasteiger partial charge in [0.25, 0.3) is 0 Å². The molecule has 216 valence electrons. The monoisotopic (exact) mass is 632 g/mol. The van der Waals surface area contributed by atoms with Crippen molar-refractivity contribution in [1.29, 1.82) is 0 Å². The van der Waals surface area contributed by atoms with E-state index in [-0.39, 0.29) is 11.6 Å². The van der Waals surface area contributed by atoms with Crippen molar-refractivity contribution in [2.24, 2.45) is 0 Å². The van der Waals surface area contributed by atoms with Crippen LogP contribution in [0.3, 0.4) is 0 Å². The molecule has 4 aromatic rings. The number of ether oxygens (including phenoxy) is 2. The van der Waals surface area contributed by atoms with E-state index >= 15 is 0 Å². The van der Waals surface area contributed by atoms with Gasteiger partial charge in [0, 0.05) is 30.7 Å². The summed E-state index contributed by atoms with van der Waals surface area (Å²) >= 11 is 6.53. The van der Waals surface area contributed by atoms with E-state index < -0.39 is 11.2 Å². The fraction of sp³-hybridized carbons (Fsp3) is 0.235. The zero-order chi connectivity index (χ0) is 30.1. The molecular weight excluding hydrogens is 601 g/mol. The lowest BCUT2D eigenvalue weighted by atomic mass is 9.97. The molecule has 8 heteroatoms. The van der Waals surface area contributed by atoms with Crippen LogP contribution in [-0.4, -0.2) is 35.3 Å². The molecule has 0 saturated carbocycles. The smallest absolute Gasteiger partial charge is 0.210 e. The van der Waals surface area contributed by atoms with Crippen molar-refractivity contribution in [3.63, 3.8) is 0 Å². The van der Waals surface area contributed by atoms with Gasteiger partial charge < -0.3 is 9.47 Å². The number of thioether (sulfide) groups is 2. The summed E-state index contributed by atoms with van der Waals surface area (Å²) in [5.41, 5.74) is 1.71. The van der Waals surface area contributed by atoms with Crippen molar-refractivity contribution in [2.75, 3.05) is 12.5 Å². The molecule has 0 N–H and O–H groups in total. The van der Waals surface area contributed by atoms with E-state index in [0.29, 0.717) is 22.7 Å². The van der Waals surface area contributed by atoms with Crippen LogP contribution in [0.25, 0.3) is 22.7 Å². The van der Waals surface area contributed by atoms with Crippen molar-refractivity contribution in [3.8, 4) is 0 Å². The molecule has 0 unspecified atom stereocenters. The first-order valence-corrected chi connectivity index (χ1v) is 17.6. The maximum atomic E-state index is 12.7. The molecule has 42 heavy (non-hydrogen) atoms. The number of Topliss-reactive ketones (excluding diaryl/α,β-unsaturated/α-hetero) is 2. The third-order valence-electron chi connectivity index (χ3n) is 6.96. The number of ketones is 2. The Morgan fingerprint density at radius 3 is 1.21 bits per heavy atom. The average molecular weight is 633 g/mol. The Balaban J connectivity index is 0.000000168. The number of rotatable bonds is 6. The van der Waals surface area contributed by atoms with Gasteiger partial charge in [-0.2, -0.15) is 0 Å². The highest BCUT2D eigenvalue weighted by molar-refractivity contribution is 7.98. The molecule has 0 atom stereocenters. The molecule has 2 aromatic carbocycles. The van der Waals surface area contributed by atoms with E-state index in [0.717, 1.165) is 20.9 Å². The number of benzene rings is 2. The van der Waals surface area contributed by atoms with Crippen molar-refractivity contribution < 1.29 is 19.1 Å². The lowest BCUT2D eigenvalue weighted by Crippen LogP contribution is -2.29. The van der Waals surface area contributed by atoms with Crippen LogP contribution in [0.2, 0.25) is 0 Å². The zero-order valence-corrected chi connectivity index (χ0v) is 27.6. The number of carbonyl (C=O) groups excluding carboxylic acids is 2. The summed E-state index contributed by atoms with van der Waals surface area (Å²) in [6, 6.07) is 24.1. The molecule has 0 radical (unpaired) electrons. The molecule has 2 aromatic heterocycles. The van der Waals surface area contributed by atoms with Gasteiger partial charge >= 0.3 is 0 Å². The third-order valence-corrected chi connectivity index (χ3v) is 10.2. The largest absolute Gasteiger partial charge is 0.478 e. The van der Waals surface area contributed by atoms with Gasteiger partial charge in [-0.3, -0.25) is 9.59 Å². The molecule has 0 saturated heterocycles. The maximum absolute atomic E-state index is 12.7. The molecule has 0 fully saturated rings. The van der Waals surface area contributed by atoms with Crippen LogP contribution in [0.1, 0.15) is 48.6 Å². The molecular formula is C34H32O4S4. The van der Waals surface area contributed by atoms with Gasteiger partial charge in [-0.25, -0.2) is 0 Å². The van der Waals surface area contributed by atoms with E-state index in [1.165, 1.54) is 9.79 Å². The average Bonchev–Trinajstić information content (AvgIpc) is 3.78. The van der Waals surface area contributed by atoms with Crippen LogP contribution >= 0.6 is 46.2 Å². The predicted octanol–water partition coefficient (Wildman–Crippen LogP) is 9.43. The van der Waals surface area contributed by atoms with Crippen LogP contribution in [0, 0.1) is 0 Å². The summed E-state index contributed by atoms with van der Waals surface area (Å²) in [4.78, 5) is 29.6. The van der Waals surface area contributed by atoms with Crippen LogP contribution in [0.5, 0.6) is 0 Å². The van der Waals surface area contributed by atoms with E-state index in [1.54, 1.807) is 46.2 Å². The highest BCUT2D eigenvalue weighted by Crippen LogP contribution is 2.44. The second-order valence-electron chi connectivity index (χ2n) is 10.7. The second-order valence-corrected chi connectivity index (χ2v) is 14.4. The molecule has 4 heterocycles. The lowest BCUT2D eigenvalue weighted by molar-refractivity contribution is -0.125. The molecule has 6 rings (SSSR count). The summed E-state index contributed by atoms with van der Waals surface area (Å²) < 4.78 is 12.0. The number of thiophene rings is 2. The highest BCUT2D eigenvalue weighted by Gasteiger charge is 2.44. The molecule has 0 aliphatic carbocycles. The van der Waals surface area contributed by atoms with Crippen molar-refractivity contribution in [3.05, 3.63) is 104 Å². The number of hydrogen-bond donors (Lipinski definition) is 0. The van der Waals surface area contributed by atoms with E-state index in [4.69, 9.17) is 9.47 Å². The summed E-state index contributed by atoms with van der Waals surface area (Å²) in [6.45, 7) is 7.30. The number of hydrogen-bond acceptors (Lipinski definition) is 8. The minimum Gasteiger partial charge on any atom is -0.478 e. The Hall–Kier alpha value is -3.04. The summed E-state index contributed by atoms with van der Waals surface area (Å²) in [7, 11) is 0. The standard InChI is InChI=1S/2C17H16O2S2/c2*1-17(2)16(18)14(13-5-4-10-21-13)15(19-17)11-6-8-12(20-3)9-7-11/h2*4-10H,1-3H3. The second kappa shape index (κ2) is 12.3. The van der Waals surface area contributed by atoms with Gasteiger partial charge in [0.1, 0.15) is 11.5 Å². The molecule has 2 aliphatic rings. The SMILES string of the molecule is CSc1ccc(C2=C(c3cccs3)C(=O)C(C)(C)O2)cc1.CSc1ccc(C2=C(c3cccs3)C(=O)C(C)(C)O2)cc1. The Morgan fingerprint density at radius 1 is 0.571 bits per heavy atom. The van der Waals surface area contributed by atoms with Crippen LogP contribution < -0.4 is 0 Å². The third kappa shape index (κ3) is 6.04. The van der Waals surface area contributed by atoms with E-state index in [9.17, 15) is 9.59 Å². The van der Waals surface area contributed by atoms with Crippen molar-refractivity contribution in [1.82, 2.24) is 0 Å². The minimum atomic E-state index is -0.799. The van der Waals surface area contributed by atoms with Gasteiger partial charge in [0.05, 0.1) is 11.1 Å². The normalized spacial score (nSPS) is 17.2. The van der Waals surface area contributed by atoms with Crippen LogP contribution in [0.15, 0.2) is 93.3 Å². The van der Waals surface area contributed by atoms with Gasteiger partial charge in [-0.1, -0.05) is 36.4 Å². The Kier molecular flexibility index (Phi) is 8.90. The summed E-state index contributed by atoms with van der Waals surface area (Å²) in [5.74, 6) is 1.49. The summed E-state index contributed by atoms with van der Waals surface area (Å²) in [6.07, 6.45) is 4.09. The lowest BCUT2D eigenvalue weighted by Gasteiger charge is -2.17. The van der Waals surface area contributed by atoms with Gasteiger partial charge in [0.15, 0.2) is 11.2 Å². The van der Waals surface area contributed by atoms with Crippen LogP contribution in [-0.2, 0) is 19.1 Å². The van der Waals surface area contributed by atoms with E-state index in [1.807, 2.05) is 99.5 Å². The fourth-order valence-corrected chi connectivity index (χ4v) is 7.04. The number of carbonyl (C=O) groups is 2. The van der Waals surface area contributed by atoms with Crippen LogP contribution in [0.4, 0.5) is 0 Å². The summed E-state index contributed by atoms with van der Waals surface area (Å²) in [5, 5.41) is 3.96. The highest BCUT2D eigenvalue weighted by atomic mass is 32.2. The van der Waals surface area contributed by atoms with E-state index in [2.05, 4.69) is 24.3 Å². The van der Waals surface area contributed by atoms with Crippen molar-refractivity contribution in [2.45, 2.75) is 48.7 Å². The minimum absolute atomic E-state index is 0.0499. The Labute approximate surface area is 263 Å². The maximum Gasteiger partial charge on any atom is 0.210 e. The topological polar surface area (TPSA) is 52.6 Å². The van der Waals surface area contributed by atoms with Gasteiger partial charge in [-0.05, 0) is 87.4 Å². The molecule has 0 spiro atoms. The first-order valence-electron chi connectivity index (χ1n) is 13.4. The first-order chi connectivity index (χ1) is 20.1.